The maximum atomic E-state index is 11.1. The van der Waals surface area contributed by atoms with E-state index in [1.54, 1.807) is 14.0 Å². The highest BCUT2D eigenvalue weighted by Gasteiger charge is 2.24. The molecule has 1 amide bonds. The molecule has 56 valence electrons. The van der Waals surface area contributed by atoms with E-state index in [1.807, 2.05) is 0 Å². The van der Waals surface area contributed by atoms with E-state index in [-0.39, 0.29) is 11.9 Å². The molecule has 1 heterocycles. The van der Waals surface area contributed by atoms with Crippen molar-refractivity contribution >= 4 is 23.2 Å². The highest BCUT2D eigenvalue weighted by molar-refractivity contribution is 7.80. The average molecular weight is 159 g/mol. The Morgan fingerprint density at radius 1 is 1.70 bits per heavy atom. The summed E-state index contributed by atoms with van der Waals surface area (Å²) in [5.74, 6) is -0.0104. The Balaban J connectivity index is 2.70. The summed E-state index contributed by atoms with van der Waals surface area (Å²) >= 11 is 4.79. The Labute approximate surface area is 64.5 Å². The van der Waals surface area contributed by atoms with Crippen LogP contribution in [0.5, 0.6) is 0 Å². The summed E-state index contributed by atoms with van der Waals surface area (Å²) in [7, 11) is 1.65. The zero-order chi connectivity index (χ0) is 7.72. The van der Waals surface area contributed by atoms with Gasteiger partial charge in [0.1, 0.15) is 6.04 Å². The lowest BCUT2D eigenvalue weighted by molar-refractivity contribution is -0.129. The van der Waals surface area contributed by atoms with Gasteiger partial charge in [0.2, 0.25) is 5.91 Å². The molecule has 0 aromatic rings. The molecule has 5 heteroatoms. The van der Waals surface area contributed by atoms with Gasteiger partial charge in [-0.15, -0.1) is 0 Å². The minimum absolute atomic E-state index is 0.0104. The second-order valence-corrected chi connectivity index (χ2v) is 2.58. The fraction of sp³-hybridized carbons (Fsp3) is 0.600. The smallest absolute Gasteiger partial charge is 0.247 e. The number of carbonyl (C=O) groups excluding carboxylic acids is 1. The van der Waals surface area contributed by atoms with E-state index in [2.05, 4.69) is 10.9 Å². The second-order valence-electron chi connectivity index (χ2n) is 2.19. The first-order valence-corrected chi connectivity index (χ1v) is 3.37. The fourth-order valence-corrected chi connectivity index (χ4v) is 0.855. The Morgan fingerprint density at radius 2 is 2.30 bits per heavy atom. The Morgan fingerprint density at radius 3 is 2.80 bits per heavy atom. The number of thiocarbonyl (C=S) groups is 1. The molecule has 4 nitrogen and oxygen atoms in total. The molecule has 2 N–H and O–H groups in total. The summed E-state index contributed by atoms with van der Waals surface area (Å²) in [4.78, 5) is 12.5. The van der Waals surface area contributed by atoms with E-state index in [4.69, 9.17) is 12.2 Å². The zero-order valence-electron chi connectivity index (χ0n) is 5.84. The van der Waals surface area contributed by atoms with Crippen molar-refractivity contribution in [3.05, 3.63) is 0 Å². The monoisotopic (exact) mass is 159 g/mol. The van der Waals surface area contributed by atoms with Gasteiger partial charge in [-0.3, -0.25) is 15.1 Å². The number of nitrogens with one attached hydrogen (secondary N) is 2. The molecule has 1 rings (SSSR count). The standard InChI is InChI=1S/C5H9N3OS/c1-3-4(9)8(2)5(10)7-6-3/h3,6H,1-2H3,(H,7,10). The van der Waals surface area contributed by atoms with Crippen molar-refractivity contribution in [2.24, 2.45) is 0 Å². The van der Waals surface area contributed by atoms with Crippen molar-refractivity contribution in [3.8, 4) is 0 Å². The van der Waals surface area contributed by atoms with Crippen LogP contribution in [0.25, 0.3) is 0 Å². The number of hydrogen-bond donors (Lipinski definition) is 2. The number of likely N-dealkylation sites (N-methyl/N-ethyl adjacent to an activating group) is 1. The Kier molecular flexibility index (Phi) is 1.87. The Hall–Kier alpha value is -0.680. The molecular formula is C5H9N3OS. The van der Waals surface area contributed by atoms with E-state index in [0.717, 1.165) is 0 Å². The van der Waals surface area contributed by atoms with Crippen molar-refractivity contribution < 1.29 is 4.79 Å². The Bertz CT molecular complexity index is 182. The number of amides is 1. The number of rotatable bonds is 0. The van der Waals surface area contributed by atoms with Crippen molar-refractivity contribution in [3.63, 3.8) is 0 Å². The van der Waals surface area contributed by atoms with Crippen LogP contribution >= 0.6 is 12.2 Å². The summed E-state index contributed by atoms with van der Waals surface area (Å²) in [5.41, 5.74) is 5.43. The molecule has 1 saturated heterocycles. The molecule has 0 bridgehead atoms. The third-order valence-electron chi connectivity index (χ3n) is 1.40. The van der Waals surface area contributed by atoms with Crippen LogP contribution in [0, 0.1) is 0 Å². The summed E-state index contributed by atoms with van der Waals surface area (Å²) in [6.45, 7) is 1.77. The second kappa shape index (κ2) is 2.51. The highest BCUT2D eigenvalue weighted by atomic mass is 32.1. The van der Waals surface area contributed by atoms with E-state index in [9.17, 15) is 4.79 Å². The van der Waals surface area contributed by atoms with Crippen LogP contribution < -0.4 is 10.9 Å². The molecule has 0 aliphatic carbocycles. The van der Waals surface area contributed by atoms with Crippen LogP contribution in [0.15, 0.2) is 0 Å². The normalized spacial score (nSPS) is 26.6. The van der Waals surface area contributed by atoms with Crippen LogP contribution in [0.1, 0.15) is 6.92 Å². The summed E-state index contributed by atoms with van der Waals surface area (Å²) in [6.07, 6.45) is 0. The molecule has 1 unspecified atom stereocenters. The first-order valence-electron chi connectivity index (χ1n) is 2.96. The first-order chi connectivity index (χ1) is 4.63. The number of hydrogen-bond acceptors (Lipinski definition) is 3. The topological polar surface area (TPSA) is 44.4 Å². The molecule has 1 aliphatic rings. The van der Waals surface area contributed by atoms with E-state index in [0.29, 0.717) is 5.11 Å². The van der Waals surface area contributed by atoms with Gasteiger partial charge in [0.05, 0.1) is 0 Å². The van der Waals surface area contributed by atoms with Crippen molar-refractivity contribution in [1.82, 2.24) is 15.8 Å². The van der Waals surface area contributed by atoms with E-state index in [1.165, 1.54) is 4.90 Å². The quantitative estimate of drug-likeness (QED) is 0.455. The van der Waals surface area contributed by atoms with Crippen LogP contribution in [0.3, 0.4) is 0 Å². The molecule has 0 aromatic heterocycles. The zero-order valence-corrected chi connectivity index (χ0v) is 6.66. The average Bonchev–Trinajstić information content (AvgIpc) is 1.93. The molecule has 0 radical (unpaired) electrons. The largest absolute Gasteiger partial charge is 0.297 e. The third kappa shape index (κ3) is 1.10. The molecule has 0 spiro atoms. The van der Waals surface area contributed by atoms with Crippen molar-refractivity contribution in [2.75, 3.05) is 7.05 Å². The molecule has 1 aliphatic heterocycles. The number of carbonyl (C=O) groups is 1. The third-order valence-corrected chi connectivity index (χ3v) is 1.78. The lowest BCUT2D eigenvalue weighted by Crippen LogP contribution is -2.61. The van der Waals surface area contributed by atoms with Crippen LogP contribution in [-0.2, 0) is 4.79 Å². The molecule has 10 heavy (non-hydrogen) atoms. The van der Waals surface area contributed by atoms with Gasteiger partial charge < -0.3 is 0 Å². The van der Waals surface area contributed by atoms with Crippen LogP contribution in [0.2, 0.25) is 0 Å². The highest BCUT2D eigenvalue weighted by Crippen LogP contribution is 1.96. The molecule has 0 saturated carbocycles. The van der Waals surface area contributed by atoms with Crippen molar-refractivity contribution in [2.45, 2.75) is 13.0 Å². The molecular weight excluding hydrogens is 150 g/mol. The van der Waals surface area contributed by atoms with Gasteiger partial charge in [-0.25, -0.2) is 5.43 Å². The SMILES string of the molecule is CC1NNC(=S)N(C)C1=O. The van der Waals surface area contributed by atoms with Gasteiger partial charge in [0, 0.05) is 7.05 Å². The maximum Gasteiger partial charge on any atom is 0.247 e. The molecule has 1 atom stereocenters. The predicted molar refractivity (Wildman–Crippen MR) is 41.1 cm³/mol. The minimum atomic E-state index is -0.198. The number of hydrazine groups is 1. The van der Waals surface area contributed by atoms with Gasteiger partial charge in [0.15, 0.2) is 5.11 Å². The van der Waals surface area contributed by atoms with E-state index < -0.39 is 0 Å². The van der Waals surface area contributed by atoms with Crippen molar-refractivity contribution in [1.29, 1.82) is 0 Å². The van der Waals surface area contributed by atoms with Crippen LogP contribution in [0.4, 0.5) is 0 Å². The molecule has 0 aromatic carbocycles. The van der Waals surface area contributed by atoms with E-state index >= 15 is 0 Å². The summed E-state index contributed by atoms with van der Waals surface area (Å²) < 4.78 is 0. The minimum Gasteiger partial charge on any atom is -0.297 e. The van der Waals surface area contributed by atoms with Gasteiger partial charge >= 0.3 is 0 Å². The number of nitrogens with zero attached hydrogens (tertiary/aromatic N) is 1. The van der Waals surface area contributed by atoms with Gasteiger partial charge in [-0.1, -0.05) is 0 Å². The van der Waals surface area contributed by atoms with Gasteiger partial charge in [0.25, 0.3) is 0 Å². The summed E-state index contributed by atoms with van der Waals surface area (Å²) in [6, 6.07) is -0.198. The van der Waals surface area contributed by atoms with Crippen LogP contribution in [-0.4, -0.2) is 29.0 Å². The summed E-state index contributed by atoms with van der Waals surface area (Å²) in [5, 5.41) is 0.420. The first kappa shape index (κ1) is 7.43. The predicted octanol–water partition coefficient (Wildman–Crippen LogP) is -0.774. The maximum absolute atomic E-state index is 11.1. The lowest BCUT2D eigenvalue weighted by Gasteiger charge is -2.29. The molecule has 1 fully saturated rings. The van der Waals surface area contributed by atoms with Gasteiger partial charge in [-0.2, -0.15) is 0 Å². The van der Waals surface area contributed by atoms with Gasteiger partial charge in [-0.05, 0) is 19.1 Å². The lowest BCUT2D eigenvalue weighted by atomic mass is 10.3. The fourth-order valence-electron chi connectivity index (χ4n) is 0.706.